The molecular formula is C10H15N5S2. The summed E-state index contributed by atoms with van der Waals surface area (Å²) in [6.07, 6.45) is 0.866. The maximum absolute atomic E-state index is 5.75. The van der Waals surface area contributed by atoms with Gasteiger partial charge in [-0.1, -0.05) is 6.92 Å². The average Bonchev–Trinajstić information content (AvgIpc) is 2.85. The lowest BCUT2D eigenvalue weighted by Crippen LogP contribution is -1.99. The molecule has 92 valence electrons. The predicted molar refractivity (Wildman–Crippen MR) is 69.2 cm³/mol. The molecule has 0 spiro atoms. The van der Waals surface area contributed by atoms with Gasteiger partial charge in [0.2, 0.25) is 0 Å². The molecule has 2 N–H and O–H groups in total. The Hall–Kier alpha value is -0.920. The third-order valence-electron chi connectivity index (χ3n) is 2.44. The van der Waals surface area contributed by atoms with Crippen LogP contribution in [-0.4, -0.2) is 19.1 Å². The summed E-state index contributed by atoms with van der Waals surface area (Å²) in [5.41, 5.74) is 7.82. The van der Waals surface area contributed by atoms with Gasteiger partial charge in [-0.05, 0) is 30.2 Å². The van der Waals surface area contributed by atoms with E-state index in [1.807, 2.05) is 18.7 Å². The van der Waals surface area contributed by atoms with Gasteiger partial charge in [0.1, 0.15) is 10.9 Å². The first-order valence-corrected chi connectivity index (χ1v) is 6.97. The van der Waals surface area contributed by atoms with Crippen LogP contribution >= 0.6 is 23.3 Å². The Morgan fingerprint density at radius 3 is 2.82 bits per heavy atom. The molecule has 2 heterocycles. The molecule has 0 aliphatic carbocycles. The molecule has 2 aromatic heterocycles. The number of hydrogen-bond acceptors (Lipinski definition) is 6. The van der Waals surface area contributed by atoms with Crippen LogP contribution in [0.15, 0.2) is 9.37 Å². The number of nitrogens with zero attached hydrogens (tertiary/aromatic N) is 4. The van der Waals surface area contributed by atoms with Crippen LogP contribution in [0, 0.1) is 6.92 Å². The first kappa shape index (κ1) is 12.5. The zero-order valence-electron chi connectivity index (χ0n) is 10.1. The minimum absolute atomic E-state index is 0.501. The SMILES string of the molecule is CCc1nsc(Sc2c(CN)c(C)nn2C)n1. The van der Waals surface area contributed by atoms with Crippen LogP contribution in [0.3, 0.4) is 0 Å². The summed E-state index contributed by atoms with van der Waals surface area (Å²) < 4.78 is 7.07. The Labute approximate surface area is 109 Å². The molecule has 0 fully saturated rings. The van der Waals surface area contributed by atoms with E-state index in [1.165, 1.54) is 11.5 Å². The van der Waals surface area contributed by atoms with Crippen molar-refractivity contribution in [3.8, 4) is 0 Å². The summed E-state index contributed by atoms with van der Waals surface area (Å²) in [5.74, 6) is 0.894. The van der Waals surface area contributed by atoms with Gasteiger partial charge in [-0.25, -0.2) is 4.98 Å². The van der Waals surface area contributed by atoms with Crippen LogP contribution < -0.4 is 5.73 Å². The zero-order chi connectivity index (χ0) is 12.4. The molecule has 0 saturated carbocycles. The van der Waals surface area contributed by atoms with Crippen molar-refractivity contribution in [3.05, 3.63) is 17.1 Å². The Kier molecular flexibility index (Phi) is 3.80. The van der Waals surface area contributed by atoms with Crippen LogP contribution in [0.2, 0.25) is 0 Å². The van der Waals surface area contributed by atoms with Gasteiger partial charge >= 0.3 is 0 Å². The third-order valence-corrected chi connectivity index (χ3v) is 4.44. The topological polar surface area (TPSA) is 69.6 Å². The Balaban J connectivity index is 2.29. The fraction of sp³-hybridized carbons (Fsp3) is 0.500. The van der Waals surface area contributed by atoms with Crippen molar-refractivity contribution in [2.75, 3.05) is 0 Å². The van der Waals surface area contributed by atoms with E-state index in [9.17, 15) is 0 Å². The van der Waals surface area contributed by atoms with Gasteiger partial charge in [-0.15, -0.1) is 0 Å². The minimum Gasteiger partial charge on any atom is -0.326 e. The summed E-state index contributed by atoms with van der Waals surface area (Å²) in [5, 5.41) is 5.44. The summed E-state index contributed by atoms with van der Waals surface area (Å²) in [6, 6.07) is 0. The molecule has 0 radical (unpaired) electrons. The molecule has 0 aliphatic rings. The quantitative estimate of drug-likeness (QED) is 0.915. The van der Waals surface area contributed by atoms with Gasteiger partial charge in [-0.2, -0.15) is 9.47 Å². The van der Waals surface area contributed by atoms with E-state index < -0.39 is 0 Å². The lowest BCUT2D eigenvalue weighted by atomic mass is 10.3. The summed E-state index contributed by atoms with van der Waals surface area (Å²) in [7, 11) is 1.93. The molecule has 7 heteroatoms. The molecule has 0 bridgehead atoms. The van der Waals surface area contributed by atoms with Gasteiger partial charge in [-0.3, -0.25) is 4.68 Å². The van der Waals surface area contributed by atoms with Crippen molar-refractivity contribution in [2.24, 2.45) is 12.8 Å². The first-order chi connectivity index (χ1) is 8.15. The Bertz CT molecular complexity index is 517. The molecule has 2 rings (SSSR count). The van der Waals surface area contributed by atoms with Crippen molar-refractivity contribution in [1.82, 2.24) is 19.1 Å². The molecule has 0 aliphatic heterocycles. The van der Waals surface area contributed by atoms with Gasteiger partial charge in [0.05, 0.1) is 5.69 Å². The highest BCUT2D eigenvalue weighted by Gasteiger charge is 2.15. The van der Waals surface area contributed by atoms with Crippen molar-refractivity contribution in [1.29, 1.82) is 0 Å². The number of hydrogen-bond donors (Lipinski definition) is 1. The van der Waals surface area contributed by atoms with E-state index in [0.717, 1.165) is 32.9 Å². The largest absolute Gasteiger partial charge is 0.326 e. The maximum Gasteiger partial charge on any atom is 0.176 e. The van der Waals surface area contributed by atoms with E-state index in [-0.39, 0.29) is 0 Å². The highest BCUT2D eigenvalue weighted by Crippen LogP contribution is 2.32. The lowest BCUT2D eigenvalue weighted by Gasteiger charge is -2.01. The Morgan fingerprint density at radius 2 is 2.24 bits per heavy atom. The second-order valence-electron chi connectivity index (χ2n) is 3.63. The van der Waals surface area contributed by atoms with Crippen LogP contribution in [-0.2, 0) is 20.0 Å². The number of rotatable bonds is 4. The van der Waals surface area contributed by atoms with E-state index in [1.54, 1.807) is 11.8 Å². The normalized spacial score (nSPS) is 11.1. The maximum atomic E-state index is 5.75. The number of aromatic nitrogens is 4. The standard InChI is InChI=1S/C10H15N5S2/c1-4-8-12-10(17-14-8)16-9-7(5-11)6(2)13-15(9)3/h4-5,11H2,1-3H3. The van der Waals surface area contributed by atoms with Crippen molar-refractivity contribution < 1.29 is 0 Å². The monoisotopic (exact) mass is 269 g/mol. The third kappa shape index (κ3) is 2.51. The van der Waals surface area contributed by atoms with Crippen LogP contribution in [0.4, 0.5) is 0 Å². The van der Waals surface area contributed by atoms with E-state index in [0.29, 0.717) is 6.54 Å². The molecule has 17 heavy (non-hydrogen) atoms. The second kappa shape index (κ2) is 5.16. The van der Waals surface area contributed by atoms with Crippen LogP contribution in [0.25, 0.3) is 0 Å². The second-order valence-corrected chi connectivity index (χ2v) is 5.62. The summed E-state index contributed by atoms with van der Waals surface area (Å²) in [4.78, 5) is 4.44. The molecular weight excluding hydrogens is 254 g/mol. The minimum atomic E-state index is 0.501. The van der Waals surface area contributed by atoms with Crippen molar-refractivity contribution in [2.45, 2.75) is 36.2 Å². The van der Waals surface area contributed by atoms with Gasteiger partial charge in [0, 0.05) is 25.6 Å². The highest BCUT2D eigenvalue weighted by molar-refractivity contribution is 8.00. The molecule has 0 saturated heterocycles. The fourth-order valence-corrected chi connectivity index (χ4v) is 3.39. The molecule has 0 atom stereocenters. The lowest BCUT2D eigenvalue weighted by molar-refractivity contribution is 0.688. The smallest absolute Gasteiger partial charge is 0.176 e. The van der Waals surface area contributed by atoms with Gasteiger partial charge in [0.15, 0.2) is 4.34 Å². The molecule has 0 amide bonds. The molecule has 5 nitrogen and oxygen atoms in total. The molecule has 0 unspecified atom stereocenters. The molecule has 0 aromatic carbocycles. The van der Waals surface area contributed by atoms with E-state index in [4.69, 9.17) is 5.73 Å². The summed E-state index contributed by atoms with van der Waals surface area (Å²) in [6.45, 7) is 4.53. The Morgan fingerprint density at radius 1 is 1.47 bits per heavy atom. The fourth-order valence-electron chi connectivity index (χ4n) is 1.55. The van der Waals surface area contributed by atoms with Crippen LogP contribution in [0.5, 0.6) is 0 Å². The average molecular weight is 269 g/mol. The predicted octanol–water partition coefficient (Wildman–Crippen LogP) is 1.75. The van der Waals surface area contributed by atoms with Crippen molar-refractivity contribution in [3.63, 3.8) is 0 Å². The van der Waals surface area contributed by atoms with E-state index in [2.05, 4.69) is 21.4 Å². The van der Waals surface area contributed by atoms with Crippen molar-refractivity contribution >= 4 is 23.3 Å². The van der Waals surface area contributed by atoms with Gasteiger partial charge < -0.3 is 5.73 Å². The van der Waals surface area contributed by atoms with Crippen LogP contribution in [0.1, 0.15) is 24.0 Å². The zero-order valence-corrected chi connectivity index (χ0v) is 11.7. The first-order valence-electron chi connectivity index (χ1n) is 5.38. The summed E-state index contributed by atoms with van der Waals surface area (Å²) >= 11 is 3.01. The van der Waals surface area contributed by atoms with Gasteiger partial charge in [0.25, 0.3) is 0 Å². The number of aryl methyl sites for hydroxylation is 3. The number of nitrogens with two attached hydrogens (primary N) is 1. The van der Waals surface area contributed by atoms with E-state index >= 15 is 0 Å². The molecule has 2 aromatic rings. The highest BCUT2D eigenvalue weighted by atomic mass is 32.2.